The van der Waals surface area contributed by atoms with Crippen molar-refractivity contribution in [1.82, 2.24) is 29.4 Å². The molecular weight excluding hydrogens is 435 g/mol. The number of aryl methyl sites for hydroxylation is 2. The zero-order chi connectivity index (χ0) is 24.2. The van der Waals surface area contributed by atoms with Gasteiger partial charge < -0.3 is 14.4 Å². The van der Waals surface area contributed by atoms with E-state index in [1.165, 1.54) is 39.1 Å². The molecule has 184 valence electrons. The lowest BCUT2D eigenvalue weighted by molar-refractivity contribution is 0.145. The van der Waals surface area contributed by atoms with Crippen LogP contribution in [-0.4, -0.2) is 69.9 Å². The third-order valence-corrected chi connectivity index (χ3v) is 6.64. The summed E-state index contributed by atoms with van der Waals surface area (Å²) >= 11 is 0. The highest BCUT2D eigenvalue weighted by atomic mass is 19.1. The topological polar surface area (TPSA) is 70.2 Å². The first-order chi connectivity index (χ1) is 16.4. The van der Waals surface area contributed by atoms with Crippen molar-refractivity contribution in [2.24, 2.45) is 13.0 Å². The summed E-state index contributed by atoms with van der Waals surface area (Å²) in [6.07, 6.45) is 7.78. The van der Waals surface area contributed by atoms with E-state index in [9.17, 15) is 4.39 Å². The van der Waals surface area contributed by atoms with E-state index in [0.717, 1.165) is 40.5 Å². The lowest BCUT2D eigenvalue weighted by Crippen LogP contribution is -2.13. The number of halogens is 1. The minimum absolute atomic E-state index is 0.0290. The molecule has 0 N–H and O–H groups in total. The van der Waals surface area contributed by atoms with Crippen LogP contribution in [0.25, 0.3) is 16.9 Å². The van der Waals surface area contributed by atoms with Crippen LogP contribution in [0, 0.1) is 18.7 Å². The highest BCUT2D eigenvalue weighted by Gasteiger charge is 2.24. The quantitative estimate of drug-likeness (QED) is 0.581. The van der Waals surface area contributed by atoms with Gasteiger partial charge in [0.15, 0.2) is 5.82 Å². The minimum Gasteiger partial charge on any atom is -0.479 e. The Bertz CT molecular complexity index is 1130. The second-order valence-corrected chi connectivity index (χ2v) is 9.11. The van der Waals surface area contributed by atoms with Gasteiger partial charge in [0.05, 0.1) is 49.3 Å². The summed E-state index contributed by atoms with van der Waals surface area (Å²) in [4.78, 5) is 6.45. The standard InChI is InChI=1S/C18H20FN5O2.C7H15N/c1-11-14(10-23(2)21-11)17-13-4-6-26-7-5-16(13)24(22-17)12-8-15(19)18(25-3)20-9-12;1-3-7-4-5-8(2)6-7/h8-10H,4-7H2,1-3H3;7H,3-6H2,1-2H3. The molecule has 5 heterocycles. The van der Waals surface area contributed by atoms with Gasteiger partial charge in [-0.1, -0.05) is 13.3 Å². The van der Waals surface area contributed by atoms with Gasteiger partial charge in [0.25, 0.3) is 0 Å². The van der Waals surface area contributed by atoms with E-state index in [4.69, 9.17) is 14.6 Å². The summed E-state index contributed by atoms with van der Waals surface area (Å²) in [5.74, 6) is 0.455. The average Bonchev–Trinajstić information content (AvgIpc) is 3.44. The van der Waals surface area contributed by atoms with Crippen molar-refractivity contribution in [1.29, 1.82) is 0 Å². The number of hydrogen-bond donors (Lipinski definition) is 0. The Kier molecular flexibility index (Phi) is 7.63. The molecule has 0 aromatic carbocycles. The maximum absolute atomic E-state index is 14.2. The first-order valence-corrected chi connectivity index (χ1v) is 12.0. The molecule has 8 nitrogen and oxygen atoms in total. The summed E-state index contributed by atoms with van der Waals surface area (Å²) < 4.78 is 28.3. The van der Waals surface area contributed by atoms with Gasteiger partial charge in [-0.15, -0.1) is 0 Å². The van der Waals surface area contributed by atoms with E-state index >= 15 is 0 Å². The molecule has 34 heavy (non-hydrogen) atoms. The molecule has 1 fully saturated rings. The molecule has 5 rings (SSSR count). The summed E-state index contributed by atoms with van der Waals surface area (Å²) in [5.41, 5.74) is 5.46. The molecule has 3 aromatic heterocycles. The summed E-state index contributed by atoms with van der Waals surface area (Å²) in [5, 5.41) is 9.23. The van der Waals surface area contributed by atoms with Gasteiger partial charge in [-0.05, 0) is 39.3 Å². The Morgan fingerprint density at radius 2 is 2.00 bits per heavy atom. The highest BCUT2D eigenvalue weighted by Crippen LogP contribution is 2.31. The highest BCUT2D eigenvalue weighted by molar-refractivity contribution is 5.66. The fraction of sp³-hybridized carbons (Fsp3) is 0.560. The van der Waals surface area contributed by atoms with Crippen molar-refractivity contribution in [2.45, 2.75) is 39.5 Å². The molecule has 0 amide bonds. The van der Waals surface area contributed by atoms with Crippen LogP contribution in [0.15, 0.2) is 18.5 Å². The number of likely N-dealkylation sites (tertiary alicyclic amines) is 1. The van der Waals surface area contributed by atoms with Gasteiger partial charge in [-0.25, -0.2) is 14.1 Å². The molecule has 0 radical (unpaired) electrons. The first kappa shape index (κ1) is 24.3. The van der Waals surface area contributed by atoms with Crippen LogP contribution in [0.5, 0.6) is 5.88 Å². The second kappa shape index (κ2) is 10.7. The van der Waals surface area contributed by atoms with E-state index in [-0.39, 0.29) is 5.88 Å². The minimum atomic E-state index is -0.516. The van der Waals surface area contributed by atoms with Crippen molar-refractivity contribution in [2.75, 3.05) is 40.5 Å². The SMILES string of the molecule is CCC1CCN(C)C1.COc1ncc(-n2nc(-c3cn(C)nc3C)c3c2CCOCC3)cc1F. The van der Waals surface area contributed by atoms with E-state index in [0.29, 0.717) is 25.3 Å². The average molecular weight is 471 g/mol. The number of methoxy groups -OCH3 is 1. The van der Waals surface area contributed by atoms with Crippen molar-refractivity contribution in [3.05, 3.63) is 41.2 Å². The molecule has 3 aromatic rings. The molecule has 2 aliphatic heterocycles. The Morgan fingerprint density at radius 1 is 1.21 bits per heavy atom. The number of aromatic nitrogens is 5. The second-order valence-electron chi connectivity index (χ2n) is 9.11. The number of fused-ring (bicyclic) bond motifs is 1. The Hall–Kier alpha value is -2.78. The number of pyridine rings is 1. The number of nitrogens with zero attached hydrogens (tertiary/aromatic N) is 6. The molecule has 9 heteroatoms. The van der Waals surface area contributed by atoms with Crippen LogP contribution in [0.3, 0.4) is 0 Å². The van der Waals surface area contributed by atoms with E-state index in [1.54, 1.807) is 15.6 Å². The van der Waals surface area contributed by atoms with E-state index < -0.39 is 5.82 Å². The normalized spacial score (nSPS) is 18.2. The Labute approximate surface area is 200 Å². The van der Waals surface area contributed by atoms with Crippen LogP contribution in [0.4, 0.5) is 4.39 Å². The molecule has 1 saturated heterocycles. The molecule has 0 bridgehead atoms. The van der Waals surface area contributed by atoms with Gasteiger partial charge in [0.1, 0.15) is 0 Å². The van der Waals surface area contributed by atoms with Gasteiger partial charge in [-0.2, -0.15) is 10.2 Å². The fourth-order valence-corrected chi connectivity index (χ4v) is 4.75. The van der Waals surface area contributed by atoms with Crippen LogP contribution in [0.1, 0.15) is 36.7 Å². The molecule has 0 aliphatic carbocycles. The van der Waals surface area contributed by atoms with Crippen molar-refractivity contribution in [3.63, 3.8) is 0 Å². The van der Waals surface area contributed by atoms with Crippen molar-refractivity contribution >= 4 is 0 Å². The summed E-state index contributed by atoms with van der Waals surface area (Å²) in [7, 11) is 5.49. The fourth-order valence-electron chi connectivity index (χ4n) is 4.75. The molecule has 1 atom stereocenters. The van der Waals surface area contributed by atoms with Crippen LogP contribution >= 0.6 is 0 Å². The number of hydrogen-bond acceptors (Lipinski definition) is 6. The Morgan fingerprint density at radius 3 is 2.59 bits per heavy atom. The van der Waals surface area contributed by atoms with Gasteiger partial charge in [0, 0.05) is 43.4 Å². The predicted octanol–water partition coefficient (Wildman–Crippen LogP) is 3.59. The monoisotopic (exact) mass is 470 g/mol. The van der Waals surface area contributed by atoms with E-state index in [1.807, 2.05) is 20.2 Å². The van der Waals surface area contributed by atoms with E-state index in [2.05, 4.69) is 29.0 Å². The zero-order valence-corrected chi connectivity index (χ0v) is 20.8. The summed E-state index contributed by atoms with van der Waals surface area (Å²) in [6.45, 7) is 8.14. The zero-order valence-electron chi connectivity index (χ0n) is 20.8. The van der Waals surface area contributed by atoms with Gasteiger partial charge in [0.2, 0.25) is 5.88 Å². The third-order valence-electron chi connectivity index (χ3n) is 6.64. The first-order valence-electron chi connectivity index (χ1n) is 12.0. The maximum Gasteiger partial charge on any atom is 0.250 e. The predicted molar refractivity (Wildman–Crippen MR) is 129 cm³/mol. The van der Waals surface area contributed by atoms with Crippen molar-refractivity contribution in [3.8, 4) is 22.8 Å². The smallest absolute Gasteiger partial charge is 0.250 e. The lowest BCUT2D eigenvalue weighted by Gasteiger charge is -2.08. The molecule has 1 unspecified atom stereocenters. The third kappa shape index (κ3) is 5.15. The Balaban J connectivity index is 0.000000291. The van der Waals surface area contributed by atoms with Gasteiger partial charge in [-0.3, -0.25) is 4.68 Å². The summed E-state index contributed by atoms with van der Waals surface area (Å²) in [6, 6.07) is 1.39. The van der Waals surface area contributed by atoms with Crippen LogP contribution in [0.2, 0.25) is 0 Å². The number of ether oxygens (including phenoxy) is 2. The largest absolute Gasteiger partial charge is 0.479 e. The van der Waals surface area contributed by atoms with Crippen LogP contribution < -0.4 is 4.74 Å². The maximum atomic E-state index is 14.2. The lowest BCUT2D eigenvalue weighted by atomic mass is 10.0. The molecular formula is C25H35FN6O2. The van der Waals surface area contributed by atoms with Crippen molar-refractivity contribution < 1.29 is 13.9 Å². The number of rotatable bonds is 4. The molecule has 0 saturated carbocycles. The molecule has 0 spiro atoms. The van der Waals surface area contributed by atoms with Gasteiger partial charge >= 0.3 is 0 Å². The van der Waals surface area contributed by atoms with Crippen LogP contribution in [-0.2, 0) is 24.6 Å². The molecule has 2 aliphatic rings.